The summed E-state index contributed by atoms with van der Waals surface area (Å²) in [5.74, 6) is 0.0504. The molecule has 1 aromatic heterocycles. The van der Waals surface area contributed by atoms with Gasteiger partial charge in [0.15, 0.2) is 5.96 Å². The predicted octanol–water partition coefficient (Wildman–Crippen LogP) is 1.84. The van der Waals surface area contributed by atoms with E-state index < -0.39 is 11.7 Å². The van der Waals surface area contributed by atoms with Gasteiger partial charge in [-0.1, -0.05) is 0 Å². The monoisotopic (exact) mass is 333 g/mol. The van der Waals surface area contributed by atoms with Gasteiger partial charge in [0, 0.05) is 39.0 Å². The number of nitrogens with two attached hydrogens (primary N) is 1. The zero-order chi connectivity index (χ0) is 17.1. The lowest BCUT2D eigenvalue weighted by atomic mass is 10.2. The molecule has 0 aliphatic carbocycles. The van der Waals surface area contributed by atoms with Crippen LogP contribution in [0.4, 0.5) is 19.0 Å². The zero-order valence-electron chi connectivity index (χ0n) is 13.0. The molecule has 130 valence electrons. The third-order valence-corrected chi connectivity index (χ3v) is 2.77. The molecule has 0 aliphatic rings. The van der Waals surface area contributed by atoms with Gasteiger partial charge in [-0.25, -0.2) is 4.98 Å². The molecule has 6 nitrogen and oxygen atoms in total. The molecule has 0 atom stereocenters. The number of aromatic nitrogens is 1. The summed E-state index contributed by atoms with van der Waals surface area (Å²) in [5.41, 5.74) is 4.85. The minimum Gasteiger partial charge on any atom is -0.382 e. The van der Waals surface area contributed by atoms with Crippen LogP contribution in [0.5, 0.6) is 0 Å². The molecule has 0 radical (unpaired) electrons. The van der Waals surface area contributed by atoms with Crippen molar-refractivity contribution < 1.29 is 17.9 Å². The van der Waals surface area contributed by atoms with Gasteiger partial charge in [-0.2, -0.15) is 13.2 Å². The van der Waals surface area contributed by atoms with E-state index in [0.717, 1.165) is 12.5 Å². The number of alkyl halides is 3. The molecule has 1 heterocycles. The Morgan fingerprint density at radius 1 is 1.39 bits per heavy atom. The van der Waals surface area contributed by atoms with Crippen LogP contribution in [0.1, 0.15) is 18.9 Å². The minimum absolute atomic E-state index is 0.200. The Morgan fingerprint density at radius 2 is 2.17 bits per heavy atom. The summed E-state index contributed by atoms with van der Waals surface area (Å²) < 4.78 is 43.5. The van der Waals surface area contributed by atoms with Crippen molar-refractivity contribution in [1.82, 2.24) is 10.3 Å². The van der Waals surface area contributed by atoms with E-state index in [1.165, 1.54) is 12.3 Å². The summed E-state index contributed by atoms with van der Waals surface area (Å²) in [5, 5.41) is 5.45. The van der Waals surface area contributed by atoms with Crippen LogP contribution in [0, 0.1) is 0 Å². The van der Waals surface area contributed by atoms with Gasteiger partial charge in [0.05, 0.1) is 5.56 Å². The number of aliphatic imine (C=N–C) groups is 1. The van der Waals surface area contributed by atoms with Gasteiger partial charge in [0.2, 0.25) is 0 Å². The van der Waals surface area contributed by atoms with Gasteiger partial charge in [-0.3, -0.25) is 4.99 Å². The van der Waals surface area contributed by atoms with Crippen LogP contribution in [0.2, 0.25) is 0 Å². The summed E-state index contributed by atoms with van der Waals surface area (Å²) in [7, 11) is 0. The number of rotatable bonds is 9. The van der Waals surface area contributed by atoms with Crippen LogP contribution >= 0.6 is 0 Å². The van der Waals surface area contributed by atoms with E-state index >= 15 is 0 Å². The molecule has 0 amide bonds. The first-order chi connectivity index (χ1) is 10.9. The maximum atomic E-state index is 12.8. The Kier molecular flexibility index (Phi) is 8.17. The number of nitrogens with one attached hydrogen (secondary N) is 2. The lowest BCUT2D eigenvalue weighted by Gasteiger charge is -2.13. The van der Waals surface area contributed by atoms with Crippen molar-refractivity contribution in [2.24, 2.45) is 10.7 Å². The van der Waals surface area contributed by atoms with Crippen molar-refractivity contribution in [3.05, 3.63) is 23.9 Å². The molecule has 0 saturated heterocycles. The standard InChI is InChI=1S/C14H22F3N5O/c1-2-23-10-4-7-21-13(18)22-9-8-20-12-11(14(15,16)17)5-3-6-19-12/h3,5-6H,2,4,7-10H2,1H3,(H,19,20)(H3,18,21,22). The number of hydrogen-bond donors (Lipinski definition) is 3. The lowest BCUT2D eigenvalue weighted by molar-refractivity contribution is -0.137. The van der Waals surface area contributed by atoms with Crippen LogP contribution in [0.15, 0.2) is 23.3 Å². The molecule has 0 spiro atoms. The maximum Gasteiger partial charge on any atom is 0.419 e. The second-order valence-corrected chi connectivity index (χ2v) is 4.57. The Morgan fingerprint density at radius 3 is 2.87 bits per heavy atom. The third kappa shape index (κ3) is 7.68. The molecule has 0 aliphatic heterocycles. The van der Waals surface area contributed by atoms with E-state index in [1.54, 1.807) is 0 Å². The summed E-state index contributed by atoms with van der Waals surface area (Å²) >= 11 is 0. The van der Waals surface area contributed by atoms with Gasteiger partial charge in [-0.15, -0.1) is 0 Å². The highest BCUT2D eigenvalue weighted by Crippen LogP contribution is 2.33. The Bertz CT molecular complexity index is 494. The van der Waals surface area contributed by atoms with Gasteiger partial charge in [0.25, 0.3) is 0 Å². The molecule has 0 fully saturated rings. The van der Waals surface area contributed by atoms with Crippen LogP contribution in [0.25, 0.3) is 0 Å². The van der Waals surface area contributed by atoms with Gasteiger partial charge < -0.3 is 21.1 Å². The molecule has 23 heavy (non-hydrogen) atoms. The SMILES string of the molecule is CCOCCCN=C(N)NCCNc1ncccc1C(F)(F)F. The molecule has 1 aromatic rings. The van der Waals surface area contributed by atoms with Crippen molar-refractivity contribution in [3.8, 4) is 0 Å². The minimum atomic E-state index is -4.44. The van der Waals surface area contributed by atoms with E-state index in [-0.39, 0.29) is 18.3 Å². The Hall–Kier alpha value is -2.03. The van der Waals surface area contributed by atoms with Crippen LogP contribution in [0.3, 0.4) is 0 Å². The molecule has 0 saturated carbocycles. The zero-order valence-corrected chi connectivity index (χ0v) is 13.0. The summed E-state index contributed by atoms with van der Waals surface area (Å²) in [6.45, 7) is 4.29. The van der Waals surface area contributed by atoms with Gasteiger partial charge in [-0.05, 0) is 25.5 Å². The van der Waals surface area contributed by atoms with Crippen molar-refractivity contribution in [2.75, 3.05) is 38.2 Å². The number of halogens is 3. The Balaban J connectivity index is 2.31. The van der Waals surface area contributed by atoms with Crippen LogP contribution in [-0.4, -0.2) is 43.8 Å². The van der Waals surface area contributed by atoms with E-state index in [1.807, 2.05) is 6.92 Å². The highest BCUT2D eigenvalue weighted by Gasteiger charge is 2.33. The molecular formula is C14H22F3N5O. The van der Waals surface area contributed by atoms with Crippen LogP contribution in [-0.2, 0) is 10.9 Å². The van der Waals surface area contributed by atoms with Crippen LogP contribution < -0.4 is 16.4 Å². The Labute approximate surface area is 133 Å². The van der Waals surface area contributed by atoms with E-state index in [9.17, 15) is 13.2 Å². The smallest absolute Gasteiger partial charge is 0.382 e. The first kappa shape index (κ1) is 19.0. The molecule has 9 heteroatoms. The third-order valence-electron chi connectivity index (χ3n) is 2.77. The molecule has 1 rings (SSSR count). The first-order valence-corrected chi connectivity index (χ1v) is 7.32. The fourth-order valence-electron chi connectivity index (χ4n) is 1.71. The normalized spacial score (nSPS) is 12.3. The predicted molar refractivity (Wildman–Crippen MR) is 83.3 cm³/mol. The highest BCUT2D eigenvalue weighted by atomic mass is 19.4. The van der Waals surface area contributed by atoms with E-state index in [0.29, 0.717) is 26.3 Å². The first-order valence-electron chi connectivity index (χ1n) is 7.32. The van der Waals surface area contributed by atoms with Gasteiger partial charge in [0.1, 0.15) is 5.82 Å². The second kappa shape index (κ2) is 9.88. The maximum absolute atomic E-state index is 12.8. The quantitative estimate of drug-likeness (QED) is 0.365. The highest BCUT2D eigenvalue weighted by molar-refractivity contribution is 5.77. The summed E-state index contributed by atoms with van der Waals surface area (Å²) in [6, 6.07) is 2.23. The number of nitrogens with zero attached hydrogens (tertiary/aromatic N) is 2. The largest absolute Gasteiger partial charge is 0.419 e. The molecular weight excluding hydrogens is 311 g/mol. The van der Waals surface area contributed by atoms with Crippen molar-refractivity contribution in [1.29, 1.82) is 0 Å². The summed E-state index contributed by atoms with van der Waals surface area (Å²) in [6.07, 6.45) is -2.37. The summed E-state index contributed by atoms with van der Waals surface area (Å²) in [4.78, 5) is 7.78. The molecule has 0 aromatic carbocycles. The fraction of sp³-hybridized carbons (Fsp3) is 0.571. The van der Waals surface area contributed by atoms with Crippen molar-refractivity contribution in [2.45, 2.75) is 19.5 Å². The average molecular weight is 333 g/mol. The molecule has 0 bridgehead atoms. The van der Waals surface area contributed by atoms with Crippen molar-refractivity contribution >= 4 is 11.8 Å². The number of ether oxygens (including phenoxy) is 1. The number of pyridine rings is 1. The molecule has 4 N–H and O–H groups in total. The second-order valence-electron chi connectivity index (χ2n) is 4.57. The van der Waals surface area contributed by atoms with E-state index in [4.69, 9.17) is 10.5 Å². The topological polar surface area (TPSA) is 84.6 Å². The number of hydrogen-bond acceptors (Lipinski definition) is 4. The average Bonchev–Trinajstić information content (AvgIpc) is 2.51. The van der Waals surface area contributed by atoms with Crippen molar-refractivity contribution in [3.63, 3.8) is 0 Å². The van der Waals surface area contributed by atoms with Gasteiger partial charge >= 0.3 is 6.18 Å². The molecule has 0 unspecified atom stereocenters. The van der Waals surface area contributed by atoms with E-state index in [2.05, 4.69) is 20.6 Å². The lowest BCUT2D eigenvalue weighted by Crippen LogP contribution is -2.35. The number of anilines is 1. The number of guanidine groups is 1. The fourth-order valence-corrected chi connectivity index (χ4v) is 1.71.